The molecule has 5 nitrogen and oxygen atoms in total. The molecular formula is C18H16N2O3. The van der Waals surface area contributed by atoms with Crippen LogP contribution in [0.15, 0.2) is 48.5 Å². The van der Waals surface area contributed by atoms with Crippen molar-refractivity contribution in [2.24, 2.45) is 0 Å². The molecule has 0 heterocycles. The van der Waals surface area contributed by atoms with Crippen molar-refractivity contribution in [2.75, 3.05) is 5.32 Å². The van der Waals surface area contributed by atoms with Crippen LogP contribution in [0, 0.1) is 11.3 Å². The van der Waals surface area contributed by atoms with Crippen LogP contribution in [0.25, 0.3) is 0 Å². The van der Waals surface area contributed by atoms with Gasteiger partial charge in [-0.2, -0.15) is 5.26 Å². The molecule has 0 saturated heterocycles. The van der Waals surface area contributed by atoms with E-state index in [1.807, 2.05) is 6.07 Å². The molecule has 0 bridgehead atoms. The van der Waals surface area contributed by atoms with Crippen LogP contribution in [0.1, 0.15) is 29.8 Å². The molecule has 2 aromatic carbocycles. The summed E-state index contributed by atoms with van der Waals surface area (Å²) in [4.78, 5) is 23.3. The van der Waals surface area contributed by atoms with Crippen LogP contribution in [-0.2, 0) is 4.79 Å². The quantitative estimate of drug-likeness (QED) is 0.860. The van der Waals surface area contributed by atoms with Gasteiger partial charge in [-0.25, -0.2) is 0 Å². The topological polar surface area (TPSA) is 79.2 Å². The van der Waals surface area contributed by atoms with Crippen molar-refractivity contribution in [3.63, 3.8) is 0 Å². The number of nitriles is 1. The van der Waals surface area contributed by atoms with Gasteiger partial charge in [-0.1, -0.05) is 0 Å². The number of nitrogens with one attached hydrogen (secondary N) is 1. The minimum Gasteiger partial charge on any atom is -0.483 e. The van der Waals surface area contributed by atoms with Crippen LogP contribution < -0.4 is 10.1 Å². The third-order valence-electron chi connectivity index (χ3n) is 3.16. The van der Waals surface area contributed by atoms with Gasteiger partial charge < -0.3 is 10.1 Å². The zero-order valence-corrected chi connectivity index (χ0v) is 12.9. The van der Waals surface area contributed by atoms with Crippen molar-refractivity contribution in [3.8, 4) is 11.8 Å². The van der Waals surface area contributed by atoms with Gasteiger partial charge >= 0.3 is 0 Å². The molecule has 0 saturated carbocycles. The molecule has 1 amide bonds. The van der Waals surface area contributed by atoms with Gasteiger partial charge in [0.05, 0.1) is 11.6 Å². The number of carbonyl (C=O) groups is 2. The summed E-state index contributed by atoms with van der Waals surface area (Å²) >= 11 is 0. The average molecular weight is 308 g/mol. The lowest BCUT2D eigenvalue weighted by Gasteiger charge is -2.14. The third kappa shape index (κ3) is 4.42. The molecule has 0 aliphatic carbocycles. The van der Waals surface area contributed by atoms with Gasteiger partial charge in [0.15, 0.2) is 6.10 Å². The molecule has 0 aromatic heterocycles. The van der Waals surface area contributed by atoms with Gasteiger partial charge in [0.1, 0.15) is 5.75 Å². The first kappa shape index (κ1) is 16.2. The average Bonchev–Trinajstić information content (AvgIpc) is 2.55. The molecule has 0 spiro atoms. The Bertz CT molecular complexity index is 743. The van der Waals surface area contributed by atoms with E-state index in [1.165, 1.54) is 6.92 Å². The number of ketones is 1. The highest BCUT2D eigenvalue weighted by Gasteiger charge is 2.17. The van der Waals surface area contributed by atoms with Crippen LogP contribution in [0.5, 0.6) is 5.75 Å². The number of rotatable bonds is 5. The molecule has 2 rings (SSSR count). The second kappa shape index (κ2) is 7.23. The van der Waals surface area contributed by atoms with E-state index in [1.54, 1.807) is 55.5 Å². The minimum atomic E-state index is -0.658. The summed E-state index contributed by atoms with van der Waals surface area (Å²) < 4.78 is 5.60. The highest BCUT2D eigenvalue weighted by molar-refractivity contribution is 6.00. The third-order valence-corrected chi connectivity index (χ3v) is 3.16. The monoisotopic (exact) mass is 308 g/mol. The Morgan fingerprint density at radius 2 is 1.70 bits per heavy atom. The van der Waals surface area contributed by atoms with Crippen molar-refractivity contribution in [1.82, 2.24) is 0 Å². The first-order valence-corrected chi connectivity index (χ1v) is 7.08. The molecule has 0 radical (unpaired) electrons. The standard InChI is InChI=1S/C18H16N2O3/c1-12(23-17-9-3-14(11-19)4-10-17)18(22)15-5-7-16(8-6-15)20-13(2)21/h3-10,12H,1-2H3,(H,20,21)/t12-/m0/s1. The number of anilines is 1. The normalized spacial score (nSPS) is 11.2. The van der Waals surface area contributed by atoms with Crippen molar-refractivity contribution in [3.05, 3.63) is 59.7 Å². The number of hydrogen-bond donors (Lipinski definition) is 1. The molecule has 1 atom stereocenters. The molecular weight excluding hydrogens is 292 g/mol. The van der Waals surface area contributed by atoms with Crippen LogP contribution in [0.3, 0.4) is 0 Å². The summed E-state index contributed by atoms with van der Waals surface area (Å²) in [5.41, 5.74) is 1.67. The maximum atomic E-state index is 12.3. The Balaban J connectivity index is 2.03. The second-order valence-electron chi connectivity index (χ2n) is 5.02. The zero-order chi connectivity index (χ0) is 16.8. The predicted octanol–water partition coefficient (Wildman–Crippen LogP) is 3.17. The minimum absolute atomic E-state index is 0.163. The maximum Gasteiger partial charge on any atom is 0.221 e. The van der Waals surface area contributed by atoms with Crippen molar-refractivity contribution in [2.45, 2.75) is 20.0 Å². The highest BCUT2D eigenvalue weighted by Crippen LogP contribution is 2.17. The molecule has 5 heteroatoms. The van der Waals surface area contributed by atoms with E-state index >= 15 is 0 Å². The fourth-order valence-electron chi connectivity index (χ4n) is 2.02. The van der Waals surface area contributed by atoms with Crippen LogP contribution in [-0.4, -0.2) is 17.8 Å². The van der Waals surface area contributed by atoms with Gasteiger partial charge in [0.2, 0.25) is 11.7 Å². The lowest BCUT2D eigenvalue weighted by molar-refractivity contribution is -0.114. The van der Waals surface area contributed by atoms with E-state index in [0.717, 1.165) is 0 Å². The molecule has 0 aliphatic rings. The van der Waals surface area contributed by atoms with Gasteiger partial charge in [-0.15, -0.1) is 0 Å². The number of nitrogens with zero attached hydrogens (tertiary/aromatic N) is 1. The van der Waals surface area contributed by atoms with E-state index in [9.17, 15) is 9.59 Å². The Hall–Kier alpha value is -3.13. The summed E-state index contributed by atoms with van der Waals surface area (Å²) in [7, 11) is 0. The summed E-state index contributed by atoms with van der Waals surface area (Å²) in [5.74, 6) is 0.199. The Morgan fingerprint density at radius 1 is 1.09 bits per heavy atom. The van der Waals surface area contributed by atoms with Crippen LogP contribution in [0.2, 0.25) is 0 Å². The van der Waals surface area contributed by atoms with Gasteiger partial charge in [-0.05, 0) is 55.5 Å². The highest BCUT2D eigenvalue weighted by atomic mass is 16.5. The second-order valence-corrected chi connectivity index (χ2v) is 5.02. The number of hydrogen-bond acceptors (Lipinski definition) is 4. The predicted molar refractivity (Wildman–Crippen MR) is 86.3 cm³/mol. The first-order chi connectivity index (χ1) is 11.0. The van der Waals surface area contributed by atoms with Gasteiger partial charge in [0, 0.05) is 18.2 Å². The Labute approximate surface area is 134 Å². The molecule has 23 heavy (non-hydrogen) atoms. The molecule has 0 aliphatic heterocycles. The van der Waals surface area contributed by atoms with E-state index in [-0.39, 0.29) is 11.7 Å². The van der Waals surface area contributed by atoms with E-state index in [4.69, 9.17) is 10.00 Å². The molecule has 1 N–H and O–H groups in total. The lowest BCUT2D eigenvalue weighted by atomic mass is 10.1. The van der Waals surface area contributed by atoms with Crippen molar-refractivity contribution >= 4 is 17.4 Å². The maximum absolute atomic E-state index is 12.3. The lowest BCUT2D eigenvalue weighted by Crippen LogP contribution is -2.23. The Kier molecular flexibility index (Phi) is 5.11. The zero-order valence-electron chi connectivity index (χ0n) is 12.9. The summed E-state index contributed by atoms with van der Waals surface area (Å²) in [6.07, 6.45) is -0.658. The number of Topliss-reactive ketones (excluding diaryl/α,β-unsaturated/α-hetero) is 1. The molecule has 2 aromatic rings. The van der Waals surface area contributed by atoms with Gasteiger partial charge in [-0.3, -0.25) is 9.59 Å². The van der Waals surface area contributed by atoms with Gasteiger partial charge in [0.25, 0.3) is 0 Å². The number of amides is 1. The van der Waals surface area contributed by atoms with Crippen LogP contribution >= 0.6 is 0 Å². The fraction of sp³-hybridized carbons (Fsp3) is 0.167. The smallest absolute Gasteiger partial charge is 0.221 e. The SMILES string of the molecule is CC(=O)Nc1ccc(C(=O)[C@H](C)Oc2ccc(C#N)cc2)cc1. The van der Waals surface area contributed by atoms with E-state index in [2.05, 4.69) is 5.32 Å². The van der Waals surface area contributed by atoms with Crippen molar-refractivity contribution < 1.29 is 14.3 Å². The molecule has 116 valence electrons. The van der Waals surface area contributed by atoms with E-state index in [0.29, 0.717) is 22.6 Å². The molecule has 0 fully saturated rings. The van der Waals surface area contributed by atoms with Crippen LogP contribution in [0.4, 0.5) is 5.69 Å². The number of benzene rings is 2. The summed E-state index contributed by atoms with van der Waals surface area (Å²) in [6.45, 7) is 3.09. The van der Waals surface area contributed by atoms with Crippen molar-refractivity contribution in [1.29, 1.82) is 5.26 Å². The largest absolute Gasteiger partial charge is 0.483 e. The number of ether oxygens (including phenoxy) is 1. The first-order valence-electron chi connectivity index (χ1n) is 7.08. The number of carbonyl (C=O) groups excluding carboxylic acids is 2. The molecule has 0 unspecified atom stereocenters. The fourth-order valence-corrected chi connectivity index (χ4v) is 2.02. The summed E-state index contributed by atoms with van der Waals surface area (Å²) in [6, 6.07) is 15.2. The Morgan fingerprint density at radius 3 is 2.22 bits per heavy atom. The summed E-state index contributed by atoms with van der Waals surface area (Å²) in [5, 5.41) is 11.4. The van der Waals surface area contributed by atoms with E-state index < -0.39 is 6.10 Å².